The van der Waals surface area contributed by atoms with Gasteiger partial charge in [-0.15, -0.1) is 0 Å². The lowest BCUT2D eigenvalue weighted by Crippen LogP contribution is -2.22. The third-order valence-electron chi connectivity index (χ3n) is 1.14. The number of carboxylic acid groups (broad SMARTS) is 1. The highest BCUT2D eigenvalue weighted by atomic mass is 19.4. The first kappa shape index (κ1) is 9.49. The van der Waals surface area contributed by atoms with Crippen LogP contribution in [0.4, 0.5) is 13.2 Å². The van der Waals surface area contributed by atoms with Crippen LogP contribution in [-0.4, -0.2) is 32.0 Å². The van der Waals surface area contributed by atoms with Gasteiger partial charge in [0.2, 0.25) is 5.82 Å². The second kappa shape index (κ2) is 3.04. The Labute approximate surface area is 69.8 Å². The summed E-state index contributed by atoms with van der Waals surface area (Å²) in [7, 11) is 0. The topological polar surface area (TPSA) is 68.0 Å². The fourth-order valence-corrected chi connectivity index (χ4v) is 0.715. The van der Waals surface area contributed by atoms with Gasteiger partial charge in [0, 0.05) is 0 Å². The number of hydrogen-bond acceptors (Lipinski definition) is 3. The lowest BCUT2D eigenvalue weighted by atomic mass is 10.5. The van der Waals surface area contributed by atoms with Crippen LogP contribution in [0, 0.1) is 0 Å². The fourth-order valence-electron chi connectivity index (χ4n) is 0.715. The first-order chi connectivity index (χ1) is 5.90. The molecule has 0 atom stereocenters. The maximum atomic E-state index is 11.8. The van der Waals surface area contributed by atoms with Gasteiger partial charge in [-0.3, -0.25) is 0 Å². The van der Waals surface area contributed by atoms with Crippen LogP contribution < -0.4 is 0 Å². The molecule has 1 rings (SSSR count). The van der Waals surface area contributed by atoms with Gasteiger partial charge in [0.05, 0.1) is 0 Å². The predicted octanol–water partition coefficient (Wildman–Crippen LogP) is 0.539. The minimum absolute atomic E-state index is 0.280. The monoisotopic (exact) mass is 195 g/mol. The molecule has 0 fully saturated rings. The smallest absolute Gasteiger partial charge is 0.408 e. The van der Waals surface area contributed by atoms with Crippen LogP contribution in [0.2, 0.25) is 0 Å². The van der Waals surface area contributed by atoms with Gasteiger partial charge < -0.3 is 5.11 Å². The van der Waals surface area contributed by atoms with Gasteiger partial charge in [0.1, 0.15) is 12.9 Å². The van der Waals surface area contributed by atoms with Crippen LogP contribution >= 0.6 is 0 Å². The Hall–Kier alpha value is -1.60. The Kier molecular flexibility index (Phi) is 2.22. The Morgan fingerprint density at radius 1 is 1.62 bits per heavy atom. The minimum Gasteiger partial charge on any atom is -0.475 e. The van der Waals surface area contributed by atoms with Crippen molar-refractivity contribution in [3.05, 3.63) is 12.2 Å². The first-order valence-electron chi connectivity index (χ1n) is 3.08. The molecule has 1 aromatic rings. The van der Waals surface area contributed by atoms with Gasteiger partial charge in [-0.25, -0.2) is 14.5 Å². The van der Waals surface area contributed by atoms with Crippen molar-refractivity contribution in [3.63, 3.8) is 0 Å². The van der Waals surface area contributed by atoms with Gasteiger partial charge in [0.25, 0.3) is 0 Å². The normalized spacial score (nSPS) is 11.6. The molecule has 0 unspecified atom stereocenters. The summed E-state index contributed by atoms with van der Waals surface area (Å²) < 4.78 is 35.6. The molecule has 72 valence electrons. The Balaban J connectivity index is 2.89. The molecule has 0 saturated carbocycles. The van der Waals surface area contributed by atoms with Crippen molar-refractivity contribution in [3.8, 4) is 0 Å². The summed E-state index contributed by atoms with van der Waals surface area (Å²) in [5.41, 5.74) is 0. The number of halogens is 3. The van der Waals surface area contributed by atoms with Crippen molar-refractivity contribution >= 4 is 5.97 Å². The van der Waals surface area contributed by atoms with Crippen LogP contribution in [0.1, 0.15) is 10.6 Å². The highest BCUT2D eigenvalue weighted by Crippen LogP contribution is 2.17. The molecule has 1 N–H and O–H groups in total. The molecule has 0 spiro atoms. The summed E-state index contributed by atoms with van der Waals surface area (Å²) in [6, 6.07) is 0. The van der Waals surface area contributed by atoms with Gasteiger partial charge in [0.15, 0.2) is 0 Å². The molecule has 0 saturated heterocycles. The molecule has 0 amide bonds. The van der Waals surface area contributed by atoms with Crippen molar-refractivity contribution in [2.24, 2.45) is 0 Å². The van der Waals surface area contributed by atoms with Crippen molar-refractivity contribution in [1.82, 2.24) is 14.8 Å². The number of hydrogen-bond donors (Lipinski definition) is 1. The number of carbonyl (C=O) groups is 1. The molecule has 5 nitrogen and oxygen atoms in total. The van der Waals surface area contributed by atoms with E-state index in [-0.39, 0.29) is 4.68 Å². The SMILES string of the molecule is O=C(O)c1ncnn1CC(F)(F)F. The molecular weight excluding hydrogens is 191 g/mol. The number of aromatic nitrogens is 3. The van der Waals surface area contributed by atoms with E-state index in [1.807, 2.05) is 0 Å². The van der Waals surface area contributed by atoms with E-state index in [1.54, 1.807) is 0 Å². The van der Waals surface area contributed by atoms with E-state index in [2.05, 4.69) is 10.1 Å². The third kappa shape index (κ3) is 2.42. The third-order valence-corrected chi connectivity index (χ3v) is 1.14. The molecule has 0 radical (unpaired) electrons. The van der Waals surface area contributed by atoms with Gasteiger partial charge in [-0.2, -0.15) is 18.3 Å². The van der Waals surface area contributed by atoms with Crippen LogP contribution in [-0.2, 0) is 6.54 Å². The molecule has 0 aliphatic rings. The standard InChI is InChI=1S/C5H4F3N3O2/c6-5(7,8)1-11-3(4(12)13)9-2-10-11/h2H,1H2,(H,12,13). The predicted molar refractivity (Wildman–Crippen MR) is 33.0 cm³/mol. The van der Waals surface area contributed by atoms with Crippen LogP contribution in [0.25, 0.3) is 0 Å². The Morgan fingerprint density at radius 2 is 2.23 bits per heavy atom. The van der Waals surface area contributed by atoms with Gasteiger partial charge >= 0.3 is 12.1 Å². The van der Waals surface area contributed by atoms with Gasteiger partial charge in [-0.1, -0.05) is 0 Å². The molecule has 0 aliphatic carbocycles. The number of nitrogens with zero attached hydrogens (tertiary/aromatic N) is 3. The maximum absolute atomic E-state index is 11.8. The Bertz CT molecular complexity index is 319. The summed E-state index contributed by atoms with van der Waals surface area (Å²) in [5, 5.41) is 11.5. The molecule has 1 heterocycles. The maximum Gasteiger partial charge on any atom is 0.408 e. The van der Waals surface area contributed by atoms with Crippen LogP contribution in [0.5, 0.6) is 0 Å². The molecular formula is C5H4F3N3O2. The molecule has 1 aromatic heterocycles. The van der Waals surface area contributed by atoms with Crippen molar-refractivity contribution < 1.29 is 23.1 Å². The summed E-state index contributed by atoms with van der Waals surface area (Å²) in [5.74, 6) is -2.26. The van der Waals surface area contributed by atoms with E-state index in [0.29, 0.717) is 0 Å². The van der Waals surface area contributed by atoms with E-state index in [1.165, 1.54) is 0 Å². The van der Waals surface area contributed by atoms with Crippen molar-refractivity contribution in [1.29, 1.82) is 0 Å². The zero-order valence-electron chi connectivity index (χ0n) is 6.12. The molecule has 8 heteroatoms. The molecule has 13 heavy (non-hydrogen) atoms. The van der Waals surface area contributed by atoms with E-state index in [4.69, 9.17) is 5.11 Å². The number of aromatic carboxylic acids is 1. The zero-order chi connectivity index (χ0) is 10.1. The number of alkyl halides is 3. The van der Waals surface area contributed by atoms with E-state index in [9.17, 15) is 18.0 Å². The van der Waals surface area contributed by atoms with E-state index >= 15 is 0 Å². The number of rotatable bonds is 2. The van der Waals surface area contributed by atoms with Crippen LogP contribution in [0.15, 0.2) is 6.33 Å². The average molecular weight is 195 g/mol. The molecule has 0 bridgehead atoms. The first-order valence-corrected chi connectivity index (χ1v) is 3.08. The highest BCUT2D eigenvalue weighted by molar-refractivity contribution is 5.83. The van der Waals surface area contributed by atoms with Crippen molar-refractivity contribution in [2.45, 2.75) is 12.7 Å². The molecule has 0 aliphatic heterocycles. The minimum atomic E-state index is -4.50. The summed E-state index contributed by atoms with van der Waals surface area (Å²) >= 11 is 0. The second-order valence-corrected chi connectivity index (χ2v) is 2.16. The van der Waals surface area contributed by atoms with E-state index in [0.717, 1.165) is 6.33 Å². The quantitative estimate of drug-likeness (QED) is 0.747. The summed E-state index contributed by atoms with van der Waals surface area (Å²) in [6.07, 6.45) is -3.74. The van der Waals surface area contributed by atoms with Crippen molar-refractivity contribution in [2.75, 3.05) is 0 Å². The summed E-state index contributed by atoms with van der Waals surface area (Å²) in [4.78, 5) is 13.4. The molecule has 0 aromatic carbocycles. The Morgan fingerprint density at radius 3 is 2.69 bits per heavy atom. The average Bonchev–Trinajstić information content (AvgIpc) is 2.31. The fraction of sp³-hybridized carbons (Fsp3) is 0.400. The lowest BCUT2D eigenvalue weighted by Gasteiger charge is -2.06. The second-order valence-electron chi connectivity index (χ2n) is 2.16. The highest BCUT2D eigenvalue weighted by Gasteiger charge is 2.30. The zero-order valence-corrected chi connectivity index (χ0v) is 6.12. The number of carboxylic acids is 1. The lowest BCUT2D eigenvalue weighted by molar-refractivity contribution is -0.142. The van der Waals surface area contributed by atoms with Crippen LogP contribution in [0.3, 0.4) is 0 Å². The van der Waals surface area contributed by atoms with E-state index < -0.39 is 24.5 Å². The summed E-state index contributed by atoms with van der Waals surface area (Å²) in [6.45, 7) is -1.45. The van der Waals surface area contributed by atoms with Gasteiger partial charge in [-0.05, 0) is 0 Å². The largest absolute Gasteiger partial charge is 0.475 e.